The Kier molecular flexibility index (Phi) is 6.86. The Bertz CT molecular complexity index is 349. The van der Waals surface area contributed by atoms with Crippen LogP contribution in [-0.2, 0) is 3.07 Å². The van der Waals surface area contributed by atoms with Crippen LogP contribution in [0.5, 0.6) is 0 Å². The fraction of sp³-hybridized carbons (Fsp3) is 0.789. The van der Waals surface area contributed by atoms with E-state index in [2.05, 4.69) is 36.7 Å². The van der Waals surface area contributed by atoms with Gasteiger partial charge < -0.3 is 0 Å². The molecule has 2 heteroatoms. The van der Waals surface area contributed by atoms with E-state index in [-0.39, 0.29) is 5.60 Å². The van der Waals surface area contributed by atoms with Crippen molar-refractivity contribution in [1.29, 1.82) is 0 Å². The third-order valence-electron chi connectivity index (χ3n) is 5.50. The minimum absolute atomic E-state index is 0.0853. The molecule has 0 saturated heterocycles. The predicted octanol–water partition coefficient (Wildman–Crippen LogP) is 6.16. The minimum atomic E-state index is -2.51. The molecule has 21 heavy (non-hydrogen) atoms. The second-order valence-corrected chi connectivity index (χ2v) is 17.6. The van der Waals surface area contributed by atoms with Crippen molar-refractivity contribution < 1.29 is 3.07 Å². The Morgan fingerprint density at radius 2 is 1.76 bits per heavy atom. The zero-order valence-corrected chi connectivity index (χ0v) is 17.1. The van der Waals surface area contributed by atoms with Crippen LogP contribution in [-0.4, -0.2) is 24.4 Å². The molecule has 0 aromatic carbocycles. The van der Waals surface area contributed by atoms with Gasteiger partial charge in [-0.2, -0.15) is 0 Å². The van der Waals surface area contributed by atoms with Crippen molar-refractivity contribution in [2.45, 2.75) is 86.1 Å². The van der Waals surface area contributed by atoms with E-state index >= 15 is 0 Å². The van der Waals surface area contributed by atoms with Gasteiger partial charge in [-0.3, -0.25) is 0 Å². The van der Waals surface area contributed by atoms with Crippen LogP contribution in [0.2, 0.25) is 8.87 Å². The first-order valence-electron chi connectivity index (χ1n) is 9.24. The van der Waals surface area contributed by atoms with Gasteiger partial charge in [-0.05, 0) is 0 Å². The maximum absolute atomic E-state index is 7.01. The quantitative estimate of drug-likeness (QED) is 0.352. The second-order valence-electron chi connectivity index (χ2n) is 7.10. The van der Waals surface area contributed by atoms with Gasteiger partial charge in [0, 0.05) is 0 Å². The molecule has 0 bridgehead atoms. The molecule has 120 valence electrons. The van der Waals surface area contributed by atoms with Gasteiger partial charge >= 0.3 is 137 Å². The summed E-state index contributed by atoms with van der Waals surface area (Å²) in [5.74, 6) is 0.696. The molecule has 2 rings (SSSR count). The first kappa shape index (κ1) is 17.6. The monoisotopic (exact) mass is 398 g/mol. The van der Waals surface area contributed by atoms with Gasteiger partial charge in [0.1, 0.15) is 0 Å². The summed E-state index contributed by atoms with van der Waals surface area (Å²) in [6, 6.07) is 0. The molecule has 0 aromatic rings. The van der Waals surface area contributed by atoms with Crippen molar-refractivity contribution in [3.05, 3.63) is 22.8 Å². The van der Waals surface area contributed by atoms with Crippen LogP contribution in [0, 0.1) is 5.92 Å². The number of hydrogen-bond donors (Lipinski definition) is 0. The van der Waals surface area contributed by atoms with Crippen LogP contribution in [0.4, 0.5) is 0 Å². The van der Waals surface area contributed by atoms with Crippen LogP contribution < -0.4 is 0 Å². The second kappa shape index (κ2) is 8.19. The fourth-order valence-corrected chi connectivity index (χ4v) is 16.5. The van der Waals surface area contributed by atoms with Crippen molar-refractivity contribution >= 4 is 18.8 Å². The molecule has 2 aliphatic rings. The number of rotatable bonds is 8. The van der Waals surface area contributed by atoms with Crippen molar-refractivity contribution in [3.63, 3.8) is 0 Å². The number of unbranched alkanes of at least 4 members (excludes halogenated alkanes) is 2. The third kappa shape index (κ3) is 4.16. The predicted molar refractivity (Wildman–Crippen MR) is 94.9 cm³/mol. The Morgan fingerprint density at radius 1 is 1.14 bits per heavy atom. The molecule has 1 nitrogen and oxygen atoms in total. The Balaban J connectivity index is 2.11. The number of hydrogen-bond acceptors (Lipinski definition) is 1. The van der Waals surface area contributed by atoms with Gasteiger partial charge in [0.05, 0.1) is 0 Å². The van der Waals surface area contributed by atoms with Gasteiger partial charge in [-0.1, -0.05) is 0 Å². The Hall–Kier alpha value is 0.239. The van der Waals surface area contributed by atoms with Crippen LogP contribution >= 0.6 is 0 Å². The van der Waals surface area contributed by atoms with Gasteiger partial charge in [-0.25, -0.2) is 0 Å². The molecular weight excluding hydrogens is 363 g/mol. The van der Waals surface area contributed by atoms with E-state index in [4.69, 9.17) is 3.07 Å². The van der Waals surface area contributed by atoms with E-state index in [1.54, 1.807) is 0 Å². The Labute approximate surface area is 136 Å². The van der Waals surface area contributed by atoms with Crippen molar-refractivity contribution in [2.75, 3.05) is 0 Å². The summed E-state index contributed by atoms with van der Waals surface area (Å²) in [7, 11) is 0. The molecule has 1 saturated carbocycles. The molecule has 0 radical (unpaired) electrons. The summed E-state index contributed by atoms with van der Waals surface area (Å²) in [5, 5.41) is 0. The zero-order valence-electron chi connectivity index (χ0n) is 14.2. The molecular formula is C19H34OSn. The van der Waals surface area contributed by atoms with E-state index in [1.807, 2.05) is 0 Å². The standard InChI is InChI=1S/C11H16O.2C4H9.Sn/c1-3-11(12,4-2)10-8-6-5-7-9-10;2*1-3-4-2;/h1,3-4,10H,2,5-9H2;2*1,3-4H2,2H3;/q-1;;;+1. The van der Waals surface area contributed by atoms with E-state index in [0.717, 1.165) is 0 Å². The zero-order chi connectivity index (χ0) is 15.2. The first-order valence-corrected chi connectivity index (χ1v) is 16.1. The molecule has 0 N–H and O–H groups in total. The molecule has 1 aliphatic carbocycles. The van der Waals surface area contributed by atoms with Crippen LogP contribution in [0.25, 0.3) is 0 Å². The SMILES string of the molecule is C=CC1(C2CCCCC2)C=[CH][Sn]([CH2]CCC)([CH2]CCC)[O]1. The molecule has 0 spiro atoms. The van der Waals surface area contributed by atoms with Gasteiger partial charge in [-0.15, -0.1) is 0 Å². The van der Waals surface area contributed by atoms with Crippen molar-refractivity contribution in [3.8, 4) is 0 Å². The average molecular weight is 397 g/mol. The Morgan fingerprint density at radius 3 is 2.29 bits per heavy atom. The van der Waals surface area contributed by atoms with Crippen LogP contribution in [0.1, 0.15) is 71.6 Å². The molecule has 1 atom stereocenters. The van der Waals surface area contributed by atoms with Gasteiger partial charge in [0.15, 0.2) is 0 Å². The first-order chi connectivity index (χ1) is 10.2. The molecule has 1 unspecified atom stereocenters. The van der Waals surface area contributed by atoms with Crippen molar-refractivity contribution in [1.82, 2.24) is 0 Å². The van der Waals surface area contributed by atoms with Crippen molar-refractivity contribution in [2.24, 2.45) is 5.92 Å². The summed E-state index contributed by atoms with van der Waals surface area (Å²) in [5.41, 5.74) is -0.0853. The summed E-state index contributed by atoms with van der Waals surface area (Å²) in [4.78, 5) is 0. The van der Waals surface area contributed by atoms with E-state index in [0.29, 0.717) is 5.92 Å². The summed E-state index contributed by atoms with van der Waals surface area (Å²) < 4.78 is 12.4. The third-order valence-corrected chi connectivity index (χ3v) is 16.7. The van der Waals surface area contributed by atoms with E-state index < -0.39 is 18.8 Å². The average Bonchev–Trinajstić information content (AvgIpc) is 2.93. The molecule has 0 amide bonds. The summed E-state index contributed by atoms with van der Waals surface area (Å²) >= 11 is -2.51. The van der Waals surface area contributed by atoms with Gasteiger partial charge in [0.2, 0.25) is 0 Å². The van der Waals surface area contributed by atoms with E-state index in [9.17, 15) is 0 Å². The fourth-order valence-electron chi connectivity index (χ4n) is 4.10. The molecule has 0 aromatic heterocycles. The normalized spacial score (nSPS) is 28.9. The molecule has 1 fully saturated rings. The van der Waals surface area contributed by atoms with Gasteiger partial charge in [0.25, 0.3) is 0 Å². The summed E-state index contributed by atoms with van der Waals surface area (Å²) in [6.45, 7) is 8.78. The maximum atomic E-state index is 7.01. The van der Waals surface area contributed by atoms with E-state index in [1.165, 1.54) is 66.7 Å². The molecule has 1 heterocycles. The van der Waals surface area contributed by atoms with Crippen LogP contribution in [0.15, 0.2) is 22.8 Å². The molecule has 1 aliphatic heterocycles. The van der Waals surface area contributed by atoms with Crippen LogP contribution in [0.3, 0.4) is 0 Å². The summed E-state index contributed by atoms with van der Waals surface area (Å²) in [6.07, 6.45) is 16.7. The topological polar surface area (TPSA) is 9.23 Å².